The Morgan fingerprint density at radius 1 is 1.10 bits per heavy atom. The van der Waals surface area contributed by atoms with Gasteiger partial charge in [-0.05, 0) is 38.5 Å². The van der Waals surface area contributed by atoms with Crippen molar-refractivity contribution in [3.63, 3.8) is 0 Å². The van der Waals surface area contributed by atoms with E-state index in [1.807, 2.05) is 6.92 Å². The van der Waals surface area contributed by atoms with Gasteiger partial charge in [-0.1, -0.05) is 20.3 Å². The van der Waals surface area contributed by atoms with Crippen molar-refractivity contribution in [2.45, 2.75) is 59.0 Å². The monoisotopic (exact) mass is 294 g/mol. The topological polar surface area (TPSA) is 69.2 Å². The summed E-state index contributed by atoms with van der Waals surface area (Å²) in [7, 11) is 0. The summed E-state index contributed by atoms with van der Waals surface area (Å²) < 4.78 is 11.4. The predicted octanol–water partition coefficient (Wildman–Crippen LogP) is 3.05. The average Bonchev–Trinajstić information content (AvgIpc) is 2.48. The van der Waals surface area contributed by atoms with Crippen LogP contribution in [0.1, 0.15) is 52.9 Å². The molecule has 0 saturated heterocycles. The van der Waals surface area contributed by atoms with Crippen LogP contribution < -0.4 is 14.8 Å². The smallest absolute Gasteiger partial charge is 0.324 e. The molecule has 2 unspecified atom stereocenters. The average molecular weight is 294 g/mol. The molecule has 0 spiro atoms. The van der Waals surface area contributed by atoms with Gasteiger partial charge in [-0.2, -0.15) is 9.97 Å². The second-order valence-electron chi connectivity index (χ2n) is 5.50. The lowest BCUT2D eigenvalue weighted by atomic mass is 9.88. The van der Waals surface area contributed by atoms with Crippen LogP contribution in [0.4, 0.5) is 5.95 Å². The van der Waals surface area contributed by atoms with E-state index in [9.17, 15) is 0 Å². The van der Waals surface area contributed by atoms with Gasteiger partial charge in [-0.25, -0.2) is 0 Å². The first-order chi connectivity index (χ1) is 10.2. The molecule has 0 bridgehead atoms. The molecule has 6 heteroatoms. The molecule has 2 atom stereocenters. The normalized spacial score (nSPS) is 21.9. The molecule has 1 N–H and O–H groups in total. The molecular weight excluding hydrogens is 268 g/mol. The minimum atomic E-state index is 0.189. The second-order valence-corrected chi connectivity index (χ2v) is 5.50. The summed E-state index contributed by atoms with van der Waals surface area (Å²) in [5.41, 5.74) is 0. The maximum atomic E-state index is 5.99. The number of nitrogens with one attached hydrogen (secondary N) is 1. The van der Waals surface area contributed by atoms with Gasteiger partial charge in [0.15, 0.2) is 0 Å². The number of hydrogen-bond donors (Lipinski definition) is 1. The lowest BCUT2D eigenvalue weighted by Gasteiger charge is -2.28. The molecular formula is C15H26N4O2. The van der Waals surface area contributed by atoms with E-state index in [1.54, 1.807) is 0 Å². The number of ether oxygens (including phenoxy) is 2. The molecule has 0 radical (unpaired) electrons. The van der Waals surface area contributed by atoms with Crippen LogP contribution in [0.2, 0.25) is 0 Å². The Kier molecular flexibility index (Phi) is 6.02. The second kappa shape index (κ2) is 8.00. The standard InChI is InChI=1S/C15H26N4O2/c1-4-10-16-13-17-14(20-5-2)19-15(18-13)21-12-9-7-6-8-11(12)3/h11-12H,4-10H2,1-3H3,(H,16,17,18,19). The lowest BCUT2D eigenvalue weighted by molar-refractivity contribution is 0.0909. The van der Waals surface area contributed by atoms with Crippen molar-refractivity contribution in [1.82, 2.24) is 15.0 Å². The van der Waals surface area contributed by atoms with Gasteiger partial charge in [-0.3, -0.25) is 0 Å². The zero-order valence-corrected chi connectivity index (χ0v) is 13.3. The first-order valence-corrected chi connectivity index (χ1v) is 8.02. The fourth-order valence-corrected chi connectivity index (χ4v) is 2.49. The molecule has 0 aromatic carbocycles. The Bertz CT molecular complexity index is 442. The van der Waals surface area contributed by atoms with Crippen LogP contribution >= 0.6 is 0 Å². The van der Waals surface area contributed by atoms with E-state index in [2.05, 4.69) is 34.1 Å². The molecule has 1 fully saturated rings. The van der Waals surface area contributed by atoms with Gasteiger partial charge in [0.05, 0.1) is 6.61 Å². The van der Waals surface area contributed by atoms with E-state index >= 15 is 0 Å². The summed E-state index contributed by atoms with van der Waals surface area (Å²) in [6.45, 7) is 7.57. The van der Waals surface area contributed by atoms with E-state index in [4.69, 9.17) is 9.47 Å². The molecule has 1 aliphatic carbocycles. The summed E-state index contributed by atoms with van der Waals surface area (Å²) >= 11 is 0. The van der Waals surface area contributed by atoms with Gasteiger partial charge in [-0.15, -0.1) is 4.98 Å². The minimum absolute atomic E-state index is 0.189. The molecule has 1 heterocycles. The minimum Gasteiger partial charge on any atom is -0.464 e. The van der Waals surface area contributed by atoms with Crippen molar-refractivity contribution >= 4 is 5.95 Å². The molecule has 2 rings (SSSR count). The molecule has 1 aliphatic rings. The lowest BCUT2D eigenvalue weighted by Crippen LogP contribution is -2.29. The Morgan fingerprint density at radius 2 is 1.86 bits per heavy atom. The molecule has 1 aromatic heterocycles. The van der Waals surface area contributed by atoms with Crippen molar-refractivity contribution in [2.75, 3.05) is 18.5 Å². The third-order valence-corrected chi connectivity index (χ3v) is 3.69. The SMILES string of the molecule is CCCNc1nc(OCC)nc(OC2CCCCC2C)n1. The number of rotatable bonds is 7. The van der Waals surface area contributed by atoms with Crippen LogP contribution in [-0.2, 0) is 0 Å². The van der Waals surface area contributed by atoms with Crippen molar-refractivity contribution in [3.8, 4) is 12.0 Å². The van der Waals surface area contributed by atoms with Gasteiger partial charge < -0.3 is 14.8 Å². The van der Waals surface area contributed by atoms with Gasteiger partial charge in [0.25, 0.3) is 0 Å². The third-order valence-electron chi connectivity index (χ3n) is 3.69. The maximum Gasteiger partial charge on any atom is 0.324 e. The van der Waals surface area contributed by atoms with Gasteiger partial charge in [0.1, 0.15) is 6.10 Å². The summed E-state index contributed by atoms with van der Waals surface area (Å²) in [6.07, 6.45) is 5.95. The third kappa shape index (κ3) is 4.72. The fourth-order valence-electron chi connectivity index (χ4n) is 2.49. The van der Waals surface area contributed by atoms with Crippen LogP contribution in [0.15, 0.2) is 0 Å². The van der Waals surface area contributed by atoms with Crippen molar-refractivity contribution < 1.29 is 9.47 Å². The van der Waals surface area contributed by atoms with Crippen LogP contribution in [0.3, 0.4) is 0 Å². The zero-order chi connectivity index (χ0) is 15.1. The Balaban J connectivity index is 2.10. The van der Waals surface area contributed by atoms with Gasteiger partial charge in [0.2, 0.25) is 5.95 Å². The molecule has 21 heavy (non-hydrogen) atoms. The van der Waals surface area contributed by atoms with Crippen molar-refractivity contribution in [2.24, 2.45) is 5.92 Å². The largest absolute Gasteiger partial charge is 0.464 e. The number of aromatic nitrogens is 3. The van der Waals surface area contributed by atoms with Crippen LogP contribution in [-0.4, -0.2) is 34.2 Å². The fraction of sp³-hybridized carbons (Fsp3) is 0.800. The van der Waals surface area contributed by atoms with Crippen molar-refractivity contribution in [3.05, 3.63) is 0 Å². The molecule has 6 nitrogen and oxygen atoms in total. The van der Waals surface area contributed by atoms with Crippen LogP contribution in [0.25, 0.3) is 0 Å². The predicted molar refractivity (Wildman–Crippen MR) is 81.8 cm³/mol. The molecule has 0 amide bonds. The number of anilines is 1. The summed E-state index contributed by atoms with van der Waals surface area (Å²) in [6, 6.07) is 0.690. The Hall–Kier alpha value is -1.59. The summed E-state index contributed by atoms with van der Waals surface area (Å²) in [5.74, 6) is 1.06. The van der Waals surface area contributed by atoms with Crippen LogP contribution in [0.5, 0.6) is 12.0 Å². The first-order valence-electron chi connectivity index (χ1n) is 8.02. The quantitative estimate of drug-likeness (QED) is 0.833. The van der Waals surface area contributed by atoms with E-state index in [0.29, 0.717) is 30.5 Å². The maximum absolute atomic E-state index is 5.99. The number of hydrogen-bond acceptors (Lipinski definition) is 6. The first kappa shape index (κ1) is 15.8. The van der Waals surface area contributed by atoms with Crippen LogP contribution in [0, 0.1) is 5.92 Å². The van der Waals surface area contributed by atoms with E-state index in [0.717, 1.165) is 19.4 Å². The Morgan fingerprint density at radius 3 is 2.57 bits per heavy atom. The van der Waals surface area contributed by atoms with Gasteiger partial charge >= 0.3 is 12.0 Å². The molecule has 1 saturated carbocycles. The van der Waals surface area contributed by atoms with E-state index in [-0.39, 0.29) is 6.10 Å². The molecule has 0 aliphatic heterocycles. The van der Waals surface area contributed by atoms with Gasteiger partial charge in [0, 0.05) is 6.54 Å². The highest BCUT2D eigenvalue weighted by Gasteiger charge is 2.24. The van der Waals surface area contributed by atoms with E-state index in [1.165, 1.54) is 19.3 Å². The summed E-state index contributed by atoms with van der Waals surface area (Å²) in [4.78, 5) is 12.8. The highest BCUT2D eigenvalue weighted by atomic mass is 16.5. The van der Waals surface area contributed by atoms with E-state index < -0.39 is 0 Å². The summed E-state index contributed by atoms with van der Waals surface area (Å²) in [5, 5.41) is 3.16. The van der Waals surface area contributed by atoms with Crippen molar-refractivity contribution in [1.29, 1.82) is 0 Å². The number of nitrogens with zero attached hydrogens (tertiary/aromatic N) is 3. The zero-order valence-electron chi connectivity index (χ0n) is 13.3. The molecule has 1 aromatic rings. The Labute approximate surface area is 126 Å². The highest BCUT2D eigenvalue weighted by molar-refractivity contribution is 5.27. The highest BCUT2D eigenvalue weighted by Crippen LogP contribution is 2.27. The molecule has 118 valence electrons.